The first-order chi connectivity index (χ1) is 8.74. The number of furan rings is 1. The highest BCUT2D eigenvalue weighted by atomic mass is 79.9. The van der Waals surface area contributed by atoms with Crippen LogP contribution in [0.2, 0.25) is 0 Å². The molecular formula is C15H18BrNO. The Morgan fingerprint density at radius 3 is 2.61 bits per heavy atom. The molecule has 0 aliphatic rings. The largest absolute Gasteiger partial charge is 0.453 e. The molecule has 0 amide bonds. The Hall–Kier alpha value is -1.06. The van der Waals surface area contributed by atoms with E-state index < -0.39 is 0 Å². The van der Waals surface area contributed by atoms with Crippen molar-refractivity contribution >= 4 is 15.9 Å². The van der Waals surface area contributed by atoms with Crippen molar-refractivity contribution in [3.05, 3.63) is 58.5 Å². The van der Waals surface area contributed by atoms with Gasteiger partial charge in [0.1, 0.15) is 5.76 Å². The molecule has 0 saturated carbocycles. The van der Waals surface area contributed by atoms with E-state index in [0.717, 1.165) is 29.8 Å². The van der Waals surface area contributed by atoms with Gasteiger partial charge in [0.2, 0.25) is 0 Å². The predicted octanol–water partition coefficient (Wildman–Crippen LogP) is 4.15. The van der Waals surface area contributed by atoms with Crippen LogP contribution < -0.4 is 5.32 Å². The van der Waals surface area contributed by atoms with Crippen LogP contribution in [-0.4, -0.2) is 6.04 Å². The van der Waals surface area contributed by atoms with Crippen LogP contribution in [0.5, 0.6) is 0 Å². The summed E-state index contributed by atoms with van der Waals surface area (Å²) >= 11 is 3.31. The minimum absolute atomic E-state index is 0.481. The molecule has 0 aliphatic carbocycles. The number of hydrogen-bond donors (Lipinski definition) is 1. The Morgan fingerprint density at radius 1 is 1.17 bits per heavy atom. The Kier molecular flexibility index (Phi) is 5.02. The van der Waals surface area contributed by atoms with Gasteiger partial charge in [0.15, 0.2) is 4.67 Å². The fourth-order valence-corrected chi connectivity index (χ4v) is 2.19. The topological polar surface area (TPSA) is 25.2 Å². The van der Waals surface area contributed by atoms with E-state index in [1.54, 1.807) is 0 Å². The third kappa shape index (κ3) is 4.31. The average Bonchev–Trinajstić information content (AvgIpc) is 2.81. The molecule has 1 aromatic carbocycles. The smallest absolute Gasteiger partial charge is 0.169 e. The minimum Gasteiger partial charge on any atom is -0.453 e. The third-order valence-corrected chi connectivity index (χ3v) is 3.39. The van der Waals surface area contributed by atoms with Crippen LogP contribution in [0.15, 0.2) is 51.6 Å². The highest BCUT2D eigenvalue weighted by Crippen LogP contribution is 2.14. The van der Waals surface area contributed by atoms with Crippen LogP contribution in [0.1, 0.15) is 24.7 Å². The molecule has 2 rings (SSSR count). The van der Waals surface area contributed by atoms with Gasteiger partial charge in [0.25, 0.3) is 0 Å². The fraction of sp³-hybridized carbons (Fsp3) is 0.333. The zero-order valence-corrected chi connectivity index (χ0v) is 12.1. The number of aryl methyl sites for hydroxylation is 1. The summed E-state index contributed by atoms with van der Waals surface area (Å²) in [5, 5.41) is 3.47. The van der Waals surface area contributed by atoms with Crippen molar-refractivity contribution in [1.29, 1.82) is 0 Å². The van der Waals surface area contributed by atoms with E-state index in [1.165, 1.54) is 5.56 Å². The van der Waals surface area contributed by atoms with Crippen molar-refractivity contribution in [2.45, 2.75) is 32.4 Å². The van der Waals surface area contributed by atoms with Gasteiger partial charge in [-0.1, -0.05) is 30.3 Å². The van der Waals surface area contributed by atoms with E-state index in [0.29, 0.717) is 6.04 Å². The summed E-state index contributed by atoms with van der Waals surface area (Å²) in [6.45, 7) is 2.99. The molecule has 18 heavy (non-hydrogen) atoms. The van der Waals surface area contributed by atoms with E-state index in [-0.39, 0.29) is 0 Å². The van der Waals surface area contributed by atoms with Gasteiger partial charge in [-0.2, -0.15) is 0 Å². The standard InChI is InChI=1S/C15H18BrNO/c1-12(7-8-13-5-3-2-4-6-13)17-11-14-9-10-15(16)18-14/h2-6,9-10,12,17H,7-8,11H2,1H3. The second-order valence-corrected chi connectivity index (χ2v) is 5.29. The quantitative estimate of drug-likeness (QED) is 0.867. The lowest BCUT2D eigenvalue weighted by atomic mass is 10.1. The van der Waals surface area contributed by atoms with E-state index in [9.17, 15) is 0 Å². The second kappa shape index (κ2) is 6.76. The van der Waals surface area contributed by atoms with Crippen LogP contribution in [0, 0.1) is 0 Å². The molecule has 2 nitrogen and oxygen atoms in total. The second-order valence-electron chi connectivity index (χ2n) is 4.51. The molecular weight excluding hydrogens is 290 g/mol. The van der Waals surface area contributed by atoms with Crippen LogP contribution in [0.3, 0.4) is 0 Å². The monoisotopic (exact) mass is 307 g/mol. The number of halogens is 1. The number of benzene rings is 1. The van der Waals surface area contributed by atoms with Crippen molar-refractivity contribution in [1.82, 2.24) is 5.32 Å². The average molecular weight is 308 g/mol. The number of rotatable bonds is 6. The summed E-state index contributed by atoms with van der Waals surface area (Å²) in [5.74, 6) is 0.966. The summed E-state index contributed by atoms with van der Waals surface area (Å²) in [7, 11) is 0. The summed E-state index contributed by atoms with van der Waals surface area (Å²) in [5.41, 5.74) is 1.40. The summed E-state index contributed by atoms with van der Waals surface area (Å²) < 4.78 is 6.24. The fourth-order valence-electron chi connectivity index (χ4n) is 1.85. The molecule has 1 atom stereocenters. The summed E-state index contributed by atoms with van der Waals surface area (Å²) in [6, 6.07) is 15.0. The lowest BCUT2D eigenvalue weighted by Crippen LogP contribution is -2.25. The molecule has 1 aromatic heterocycles. The Balaban J connectivity index is 1.71. The van der Waals surface area contributed by atoms with E-state index in [4.69, 9.17) is 4.42 Å². The normalized spacial score (nSPS) is 12.6. The van der Waals surface area contributed by atoms with Gasteiger partial charge in [-0.3, -0.25) is 0 Å². The van der Waals surface area contributed by atoms with E-state index >= 15 is 0 Å². The third-order valence-electron chi connectivity index (χ3n) is 2.96. The van der Waals surface area contributed by atoms with Crippen molar-refractivity contribution < 1.29 is 4.42 Å². The highest BCUT2D eigenvalue weighted by Gasteiger charge is 2.04. The molecule has 0 bridgehead atoms. The summed E-state index contributed by atoms with van der Waals surface area (Å²) in [4.78, 5) is 0. The number of hydrogen-bond acceptors (Lipinski definition) is 2. The van der Waals surface area contributed by atoms with Crippen LogP contribution in [0.25, 0.3) is 0 Å². The molecule has 0 radical (unpaired) electrons. The van der Waals surface area contributed by atoms with Gasteiger partial charge in [-0.05, 0) is 53.4 Å². The van der Waals surface area contributed by atoms with Gasteiger partial charge in [0, 0.05) is 6.04 Å². The van der Waals surface area contributed by atoms with Crippen LogP contribution in [0.4, 0.5) is 0 Å². The molecule has 96 valence electrons. The molecule has 2 aromatic rings. The zero-order valence-electron chi connectivity index (χ0n) is 10.5. The molecule has 0 fully saturated rings. The summed E-state index contributed by atoms with van der Waals surface area (Å²) in [6.07, 6.45) is 2.24. The molecule has 0 saturated heterocycles. The molecule has 3 heteroatoms. The van der Waals surface area contributed by atoms with Crippen molar-refractivity contribution in [3.63, 3.8) is 0 Å². The predicted molar refractivity (Wildman–Crippen MR) is 77.5 cm³/mol. The van der Waals surface area contributed by atoms with Crippen LogP contribution >= 0.6 is 15.9 Å². The molecule has 0 spiro atoms. The van der Waals surface area contributed by atoms with E-state index in [2.05, 4.69) is 58.5 Å². The van der Waals surface area contributed by atoms with Crippen molar-refractivity contribution in [2.24, 2.45) is 0 Å². The van der Waals surface area contributed by atoms with Crippen molar-refractivity contribution in [3.8, 4) is 0 Å². The maximum absolute atomic E-state index is 5.45. The van der Waals surface area contributed by atoms with Gasteiger partial charge >= 0.3 is 0 Å². The molecule has 1 unspecified atom stereocenters. The van der Waals surface area contributed by atoms with Gasteiger partial charge < -0.3 is 9.73 Å². The molecule has 0 aliphatic heterocycles. The van der Waals surface area contributed by atoms with Crippen LogP contribution in [-0.2, 0) is 13.0 Å². The maximum atomic E-state index is 5.45. The van der Waals surface area contributed by atoms with Gasteiger partial charge in [-0.15, -0.1) is 0 Å². The lowest BCUT2D eigenvalue weighted by molar-refractivity contribution is 0.433. The number of nitrogens with one attached hydrogen (secondary N) is 1. The first-order valence-corrected chi connectivity index (χ1v) is 7.05. The minimum atomic E-state index is 0.481. The maximum Gasteiger partial charge on any atom is 0.169 e. The lowest BCUT2D eigenvalue weighted by Gasteiger charge is -2.12. The zero-order chi connectivity index (χ0) is 12.8. The first-order valence-electron chi connectivity index (χ1n) is 6.25. The molecule has 1 heterocycles. The Bertz CT molecular complexity index is 466. The highest BCUT2D eigenvalue weighted by molar-refractivity contribution is 9.10. The van der Waals surface area contributed by atoms with Gasteiger partial charge in [-0.25, -0.2) is 0 Å². The SMILES string of the molecule is CC(CCc1ccccc1)NCc1ccc(Br)o1. The first kappa shape index (κ1) is 13.4. The Labute approximate surface area is 117 Å². The van der Waals surface area contributed by atoms with Crippen molar-refractivity contribution in [2.75, 3.05) is 0 Å². The molecule has 1 N–H and O–H groups in total. The van der Waals surface area contributed by atoms with E-state index in [1.807, 2.05) is 12.1 Å². The van der Waals surface area contributed by atoms with Gasteiger partial charge in [0.05, 0.1) is 6.54 Å². The Morgan fingerprint density at radius 2 is 1.94 bits per heavy atom.